The Balaban J connectivity index is 1.39. The summed E-state index contributed by atoms with van der Waals surface area (Å²) in [5.41, 5.74) is 3.98. The lowest BCUT2D eigenvalue weighted by atomic mass is 9.98. The number of rotatable bonds is 3. The molecular formula is C23H20N8O2. The fourth-order valence-corrected chi connectivity index (χ4v) is 4.25. The smallest absolute Gasteiger partial charge is 0.312 e. The van der Waals surface area contributed by atoms with Gasteiger partial charge in [0.25, 0.3) is 5.89 Å². The van der Waals surface area contributed by atoms with Gasteiger partial charge in [-0.1, -0.05) is 24.3 Å². The maximum Gasteiger partial charge on any atom is 0.312 e. The number of nitrogens with zero attached hydrogens (tertiary/aromatic N) is 7. The van der Waals surface area contributed by atoms with Crippen LogP contribution in [0.4, 0.5) is 0 Å². The molecule has 1 N–H and O–H groups in total. The minimum Gasteiger partial charge on any atom is -0.411 e. The van der Waals surface area contributed by atoms with Gasteiger partial charge in [0.15, 0.2) is 0 Å². The van der Waals surface area contributed by atoms with Crippen LogP contribution in [0.25, 0.3) is 22.4 Å². The highest BCUT2D eigenvalue weighted by Gasteiger charge is 2.37. The number of amides is 1. The molecule has 0 bridgehead atoms. The van der Waals surface area contributed by atoms with Gasteiger partial charge in [-0.3, -0.25) is 14.5 Å². The van der Waals surface area contributed by atoms with Crippen molar-refractivity contribution in [2.75, 3.05) is 6.54 Å². The van der Waals surface area contributed by atoms with Crippen LogP contribution in [0.2, 0.25) is 0 Å². The number of carbonyl (C=O) groups excluding carboxylic acids is 1. The first-order chi connectivity index (χ1) is 16.1. The van der Waals surface area contributed by atoms with E-state index in [0.29, 0.717) is 18.7 Å². The summed E-state index contributed by atoms with van der Waals surface area (Å²) in [5, 5.41) is 14.5. The van der Waals surface area contributed by atoms with Crippen molar-refractivity contribution in [1.29, 1.82) is 0 Å². The van der Waals surface area contributed by atoms with E-state index in [9.17, 15) is 4.79 Å². The number of imidazole rings is 1. The minimum absolute atomic E-state index is 0.0851. The number of aryl methyl sites for hydroxylation is 2. The first-order valence-electron chi connectivity index (χ1n) is 10.6. The Morgan fingerprint density at radius 1 is 1.15 bits per heavy atom. The van der Waals surface area contributed by atoms with Crippen LogP contribution >= 0.6 is 0 Å². The van der Waals surface area contributed by atoms with Gasteiger partial charge in [0.2, 0.25) is 0 Å². The van der Waals surface area contributed by atoms with Crippen molar-refractivity contribution >= 4 is 16.7 Å². The Hall–Kier alpha value is -4.34. The molecule has 10 nitrogen and oxygen atoms in total. The number of benzene rings is 1. The first-order valence-corrected chi connectivity index (χ1v) is 10.6. The monoisotopic (exact) mass is 440 g/mol. The molecule has 0 aliphatic carbocycles. The van der Waals surface area contributed by atoms with Crippen LogP contribution in [0.15, 0.2) is 53.3 Å². The van der Waals surface area contributed by atoms with E-state index < -0.39 is 6.04 Å². The molecule has 4 aromatic heterocycles. The fraction of sp³-hybridized carbons (Fsp3) is 0.217. The SMILES string of the molecule is Cc1cc(-c2nnc(C(=O)N3CCc4[nH]cnc4[C@H]3c3cc4ccccc4cn3)o2)nn1C. The van der Waals surface area contributed by atoms with Crippen LogP contribution < -0.4 is 0 Å². The van der Waals surface area contributed by atoms with Crippen molar-refractivity contribution in [3.05, 3.63) is 77.6 Å². The summed E-state index contributed by atoms with van der Waals surface area (Å²) in [4.78, 5) is 27.6. The van der Waals surface area contributed by atoms with Gasteiger partial charge in [-0.25, -0.2) is 4.98 Å². The van der Waals surface area contributed by atoms with Gasteiger partial charge in [-0.2, -0.15) is 5.10 Å². The Kier molecular flexibility index (Phi) is 4.32. The molecule has 1 aromatic carbocycles. The summed E-state index contributed by atoms with van der Waals surface area (Å²) in [6.45, 7) is 2.39. The Bertz CT molecular complexity index is 1480. The molecule has 10 heteroatoms. The standard InChI is InChI=1S/C23H20N8O2/c1-13-9-18(29-30(13)2)21-27-28-22(33-21)23(32)31-8-7-16-19(26-12-25-16)20(31)17-10-14-5-3-4-6-15(14)11-24-17/h3-6,9-12,20H,7-8H2,1-2H3,(H,25,26)/t20-/m1/s1. The third kappa shape index (κ3) is 3.18. The predicted molar refractivity (Wildman–Crippen MR) is 118 cm³/mol. The number of hydrogen-bond acceptors (Lipinski definition) is 7. The quantitative estimate of drug-likeness (QED) is 0.458. The van der Waals surface area contributed by atoms with E-state index in [1.165, 1.54) is 0 Å². The largest absolute Gasteiger partial charge is 0.411 e. The van der Waals surface area contributed by atoms with Gasteiger partial charge in [-0.15, -0.1) is 10.2 Å². The summed E-state index contributed by atoms with van der Waals surface area (Å²) in [7, 11) is 1.83. The van der Waals surface area contributed by atoms with Gasteiger partial charge in [0.05, 0.1) is 17.7 Å². The predicted octanol–water partition coefficient (Wildman–Crippen LogP) is 2.84. The molecule has 1 amide bonds. The van der Waals surface area contributed by atoms with Crippen LogP contribution in [0.5, 0.6) is 0 Å². The third-order valence-corrected chi connectivity index (χ3v) is 6.06. The number of hydrogen-bond donors (Lipinski definition) is 1. The van der Waals surface area contributed by atoms with Crippen LogP contribution in [0.1, 0.15) is 39.5 Å². The van der Waals surface area contributed by atoms with Gasteiger partial charge in [-0.05, 0) is 24.4 Å². The maximum atomic E-state index is 13.5. The van der Waals surface area contributed by atoms with Gasteiger partial charge in [0, 0.05) is 43.0 Å². The first kappa shape index (κ1) is 19.4. The summed E-state index contributed by atoms with van der Waals surface area (Å²) < 4.78 is 7.45. The second kappa shape index (κ2) is 7.37. The summed E-state index contributed by atoms with van der Waals surface area (Å²) in [6.07, 6.45) is 4.12. The van der Waals surface area contributed by atoms with E-state index in [4.69, 9.17) is 4.42 Å². The summed E-state index contributed by atoms with van der Waals surface area (Å²) in [6, 6.07) is 11.4. The van der Waals surface area contributed by atoms with Crippen LogP contribution in [-0.4, -0.2) is 52.3 Å². The lowest BCUT2D eigenvalue weighted by Gasteiger charge is -2.33. The second-order valence-electron chi connectivity index (χ2n) is 8.08. The number of aromatic amines is 1. The topological polar surface area (TPSA) is 119 Å². The van der Waals surface area contributed by atoms with Crippen molar-refractivity contribution in [3.8, 4) is 11.6 Å². The average molecular weight is 440 g/mol. The molecule has 1 aliphatic rings. The molecule has 0 fully saturated rings. The average Bonchev–Trinajstić information content (AvgIpc) is 3.58. The van der Waals surface area contributed by atoms with Crippen LogP contribution in [0.3, 0.4) is 0 Å². The highest BCUT2D eigenvalue weighted by molar-refractivity contribution is 5.91. The number of carbonyl (C=O) groups is 1. The lowest BCUT2D eigenvalue weighted by molar-refractivity contribution is 0.0647. The summed E-state index contributed by atoms with van der Waals surface area (Å²) in [5.74, 6) is -0.243. The number of fused-ring (bicyclic) bond motifs is 2. The highest BCUT2D eigenvalue weighted by Crippen LogP contribution is 2.34. The zero-order chi connectivity index (χ0) is 22.5. The maximum absolute atomic E-state index is 13.5. The minimum atomic E-state index is -0.468. The molecule has 6 rings (SSSR count). The molecule has 0 radical (unpaired) electrons. The zero-order valence-corrected chi connectivity index (χ0v) is 18.1. The molecule has 0 unspecified atom stereocenters. The molecular weight excluding hydrogens is 420 g/mol. The molecule has 0 spiro atoms. The van der Waals surface area contributed by atoms with Crippen LogP contribution in [-0.2, 0) is 13.5 Å². The molecule has 33 heavy (non-hydrogen) atoms. The van der Waals surface area contributed by atoms with E-state index >= 15 is 0 Å². The molecule has 5 aromatic rings. The van der Waals surface area contributed by atoms with Crippen molar-refractivity contribution in [2.24, 2.45) is 7.05 Å². The molecule has 0 saturated heterocycles. The van der Waals surface area contributed by atoms with Gasteiger partial charge < -0.3 is 14.3 Å². The Labute approximate surface area is 188 Å². The Morgan fingerprint density at radius 2 is 2.00 bits per heavy atom. The number of nitrogens with one attached hydrogen (secondary N) is 1. The van der Waals surface area contributed by atoms with Crippen molar-refractivity contribution < 1.29 is 9.21 Å². The number of H-pyrrole nitrogens is 1. The van der Waals surface area contributed by atoms with E-state index in [0.717, 1.165) is 33.5 Å². The van der Waals surface area contributed by atoms with E-state index in [2.05, 4.69) is 30.2 Å². The van der Waals surface area contributed by atoms with Gasteiger partial charge >= 0.3 is 11.8 Å². The number of aromatic nitrogens is 7. The molecule has 164 valence electrons. The fourth-order valence-electron chi connectivity index (χ4n) is 4.25. The Morgan fingerprint density at radius 3 is 2.82 bits per heavy atom. The number of pyridine rings is 1. The van der Waals surface area contributed by atoms with Crippen LogP contribution in [0, 0.1) is 6.92 Å². The lowest BCUT2D eigenvalue weighted by Crippen LogP contribution is -2.41. The van der Waals surface area contributed by atoms with Crippen molar-refractivity contribution in [2.45, 2.75) is 19.4 Å². The third-order valence-electron chi connectivity index (χ3n) is 6.06. The normalized spacial score (nSPS) is 15.7. The molecule has 0 saturated carbocycles. The van der Waals surface area contributed by atoms with Crippen molar-refractivity contribution in [1.82, 2.24) is 39.8 Å². The highest BCUT2D eigenvalue weighted by atomic mass is 16.4. The van der Waals surface area contributed by atoms with E-state index in [-0.39, 0.29) is 17.7 Å². The summed E-state index contributed by atoms with van der Waals surface area (Å²) >= 11 is 0. The second-order valence-corrected chi connectivity index (χ2v) is 8.08. The zero-order valence-electron chi connectivity index (χ0n) is 18.1. The molecule has 5 heterocycles. The molecule has 1 aliphatic heterocycles. The van der Waals surface area contributed by atoms with E-state index in [1.54, 1.807) is 15.9 Å². The van der Waals surface area contributed by atoms with Crippen molar-refractivity contribution in [3.63, 3.8) is 0 Å². The van der Waals surface area contributed by atoms with E-state index in [1.807, 2.05) is 56.6 Å². The van der Waals surface area contributed by atoms with Gasteiger partial charge in [0.1, 0.15) is 11.7 Å². The molecule has 1 atom stereocenters.